The molecule has 0 bridgehead atoms. The second-order valence-corrected chi connectivity index (χ2v) is 23.9. The zero-order valence-electron chi connectivity index (χ0n) is 48.8. The van der Waals surface area contributed by atoms with Crippen LogP contribution < -0.4 is 28.4 Å². The molecule has 0 heterocycles. The number of rotatable bonds is 42. The number of carbonyl (C=O) groups excluding carboxylic acids is 2. The quantitative estimate of drug-likeness (QED) is 0.0519. The number of hydrogen-bond acceptors (Lipinski definition) is 8. The number of ether oxygens (including phenoxy) is 6. The fraction of sp³-hybridized carbons (Fsp3) is 0.781. The van der Waals surface area contributed by atoms with Gasteiger partial charge in [-0.05, 0) is 98.0 Å². The zero-order valence-corrected chi connectivity index (χ0v) is 48.8. The van der Waals surface area contributed by atoms with E-state index in [0.717, 1.165) is 89.9 Å². The average molecular weight is 1010 g/mol. The van der Waals surface area contributed by atoms with Crippen LogP contribution in [0, 0.1) is 47.3 Å². The predicted molar refractivity (Wildman–Crippen MR) is 302 cm³/mol. The summed E-state index contributed by atoms with van der Waals surface area (Å²) in [4.78, 5) is 31.1. The molecule has 0 saturated carbocycles. The van der Waals surface area contributed by atoms with Gasteiger partial charge in [-0.15, -0.1) is 0 Å². The van der Waals surface area contributed by atoms with E-state index >= 15 is 9.59 Å². The molecule has 1 aliphatic carbocycles. The number of unbranched alkanes of at least 4 members (excludes halogenated alkanes) is 4. The highest BCUT2D eigenvalue weighted by atomic mass is 16.5. The minimum atomic E-state index is -0.307. The lowest BCUT2D eigenvalue weighted by molar-refractivity contribution is 0.0968. The van der Waals surface area contributed by atoms with E-state index < -0.39 is 0 Å². The summed E-state index contributed by atoms with van der Waals surface area (Å²) in [5.41, 5.74) is 0.951. The van der Waals surface area contributed by atoms with Crippen LogP contribution in [-0.2, 0) is 0 Å². The monoisotopic (exact) mass is 1000 g/mol. The third kappa shape index (κ3) is 22.6. The van der Waals surface area contributed by atoms with Gasteiger partial charge in [0.05, 0.1) is 50.8 Å². The van der Waals surface area contributed by atoms with Crippen molar-refractivity contribution >= 4 is 11.6 Å². The Labute approximate surface area is 441 Å². The Hall–Kier alpha value is -3.42. The van der Waals surface area contributed by atoms with E-state index in [1.54, 1.807) is 12.1 Å². The standard InChI is InChI=1S/C64H108O8/c1-15-17-19-37-69-63-57-53(43-55(67-39-33-49(11)29-21-25-45(3)4)61(63)71-41-35-51(13)31-23-27-47(7)8)60(66)58-54(59(57)65)44-56(68-40-34-50(12)30-22-26-46(5)6)62(64(58)70-38-20-18-16-2)72-42-36-52(14)32-24-28-48(9)10/h43-52H,15-42H2,1-14H3. The van der Waals surface area contributed by atoms with Crippen LogP contribution in [0.3, 0.4) is 0 Å². The van der Waals surface area contributed by atoms with Crippen LogP contribution in [0.15, 0.2) is 12.1 Å². The Morgan fingerprint density at radius 2 is 0.597 bits per heavy atom. The molecule has 0 radical (unpaired) electrons. The molecule has 0 aromatic heterocycles. The molecule has 3 rings (SSSR count). The third-order valence-corrected chi connectivity index (χ3v) is 14.7. The first kappa shape index (κ1) is 62.9. The lowest BCUT2D eigenvalue weighted by atomic mass is 9.82. The molecule has 4 unspecified atom stereocenters. The third-order valence-electron chi connectivity index (χ3n) is 14.7. The first-order valence-corrected chi connectivity index (χ1v) is 29.8. The molecule has 72 heavy (non-hydrogen) atoms. The lowest BCUT2D eigenvalue weighted by Gasteiger charge is -2.28. The molecule has 4 atom stereocenters. The Balaban J connectivity index is 2.23. The van der Waals surface area contributed by atoms with Gasteiger partial charge in [0.15, 0.2) is 34.6 Å². The van der Waals surface area contributed by atoms with Crippen LogP contribution in [0.5, 0.6) is 34.5 Å². The fourth-order valence-corrected chi connectivity index (χ4v) is 9.67. The summed E-state index contributed by atoms with van der Waals surface area (Å²) in [6.45, 7) is 34.3. The molecule has 2 aromatic rings. The van der Waals surface area contributed by atoms with Gasteiger partial charge in [-0.2, -0.15) is 0 Å². The van der Waals surface area contributed by atoms with Crippen molar-refractivity contribution in [1.29, 1.82) is 0 Å². The van der Waals surface area contributed by atoms with Crippen molar-refractivity contribution in [1.82, 2.24) is 0 Å². The average Bonchev–Trinajstić information content (AvgIpc) is 3.31. The summed E-state index contributed by atoms with van der Waals surface area (Å²) in [6.07, 6.45) is 23.1. The van der Waals surface area contributed by atoms with Crippen molar-refractivity contribution in [3.63, 3.8) is 0 Å². The Bertz CT molecular complexity index is 1700. The van der Waals surface area contributed by atoms with Gasteiger partial charge in [0.2, 0.25) is 11.5 Å². The maximum atomic E-state index is 15.6. The van der Waals surface area contributed by atoms with Crippen molar-refractivity contribution in [3.05, 3.63) is 34.4 Å². The van der Waals surface area contributed by atoms with Crippen LogP contribution in [0.1, 0.15) is 270 Å². The highest BCUT2D eigenvalue weighted by Gasteiger charge is 2.41. The van der Waals surface area contributed by atoms with Gasteiger partial charge < -0.3 is 28.4 Å². The highest BCUT2D eigenvalue weighted by molar-refractivity contribution is 6.31. The number of ketones is 2. The normalized spacial score (nSPS) is 14.2. The summed E-state index contributed by atoms with van der Waals surface area (Å²) < 4.78 is 40.5. The summed E-state index contributed by atoms with van der Waals surface area (Å²) >= 11 is 0. The van der Waals surface area contributed by atoms with Crippen LogP contribution >= 0.6 is 0 Å². The van der Waals surface area contributed by atoms with Crippen LogP contribution in [0.25, 0.3) is 0 Å². The largest absolute Gasteiger partial charge is 0.490 e. The summed E-state index contributed by atoms with van der Waals surface area (Å²) in [7, 11) is 0. The molecular formula is C64H108O8. The number of benzene rings is 2. The summed E-state index contributed by atoms with van der Waals surface area (Å²) in [6, 6.07) is 3.51. The minimum Gasteiger partial charge on any atom is -0.490 e. The molecular weight excluding hydrogens is 897 g/mol. The highest BCUT2D eigenvalue weighted by Crippen LogP contribution is 2.51. The van der Waals surface area contributed by atoms with Gasteiger partial charge in [-0.25, -0.2) is 0 Å². The van der Waals surface area contributed by atoms with Gasteiger partial charge in [-0.1, -0.05) is 200 Å². The molecule has 2 aromatic carbocycles. The minimum absolute atomic E-state index is 0.226. The van der Waals surface area contributed by atoms with Crippen molar-refractivity contribution < 1.29 is 38.0 Å². The molecule has 8 nitrogen and oxygen atoms in total. The van der Waals surface area contributed by atoms with Crippen molar-refractivity contribution in [2.45, 2.75) is 238 Å². The fourth-order valence-electron chi connectivity index (χ4n) is 9.67. The van der Waals surface area contributed by atoms with E-state index in [2.05, 4.69) is 96.9 Å². The number of hydrogen-bond donors (Lipinski definition) is 0. The summed E-state index contributed by atoms with van der Waals surface area (Å²) in [5.74, 6) is 6.28. The van der Waals surface area contributed by atoms with Gasteiger partial charge in [0, 0.05) is 11.1 Å². The molecule has 0 saturated heterocycles. The van der Waals surface area contributed by atoms with Crippen LogP contribution in [0.2, 0.25) is 0 Å². The molecule has 1 aliphatic rings. The van der Waals surface area contributed by atoms with Gasteiger partial charge >= 0.3 is 0 Å². The van der Waals surface area contributed by atoms with Crippen LogP contribution in [0.4, 0.5) is 0 Å². The second kappa shape index (κ2) is 35.0. The van der Waals surface area contributed by atoms with Gasteiger partial charge in [0.1, 0.15) is 0 Å². The SMILES string of the molecule is CCCCCOc1c(OCCC(C)CCCC(C)C)c(OCCC(C)CCCC(C)C)cc2c1C(=O)c1cc(OCCC(C)CCCC(C)C)c(OCCC(C)CCCC(C)C)c(OCCCCC)c1C2=O. The van der Waals surface area contributed by atoms with E-state index in [9.17, 15) is 0 Å². The molecule has 0 fully saturated rings. The van der Waals surface area contributed by atoms with Crippen molar-refractivity contribution in [2.75, 3.05) is 39.6 Å². The van der Waals surface area contributed by atoms with Gasteiger partial charge in [-0.3, -0.25) is 9.59 Å². The van der Waals surface area contributed by atoms with E-state index in [-0.39, 0.29) is 33.8 Å². The first-order valence-electron chi connectivity index (χ1n) is 29.8. The second-order valence-electron chi connectivity index (χ2n) is 23.9. The maximum Gasteiger partial charge on any atom is 0.204 e. The van der Waals surface area contributed by atoms with E-state index in [1.165, 1.54) is 51.4 Å². The Morgan fingerprint density at radius 3 is 0.875 bits per heavy atom. The lowest BCUT2D eigenvalue weighted by Crippen LogP contribution is -2.25. The van der Waals surface area contributed by atoms with E-state index in [0.29, 0.717) is 121 Å². The molecule has 0 aliphatic heterocycles. The predicted octanol–water partition coefficient (Wildman–Crippen LogP) is 18.5. The molecule has 0 spiro atoms. The van der Waals surface area contributed by atoms with E-state index in [1.807, 2.05) is 0 Å². The topological polar surface area (TPSA) is 89.5 Å². The zero-order chi connectivity index (χ0) is 53.0. The Morgan fingerprint density at radius 1 is 0.319 bits per heavy atom. The number of fused-ring (bicyclic) bond motifs is 2. The Kier molecular flexibility index (Phi) is 30.5. The first-order chi connectivity index (χ1) is 34.5. The maximum absolute atomic E-state index is 15.6. The summed E-state index contributed by atoms with van der Waals surface area (Å²) in [5, 5.41) is 0. The molecule has 0 amide bonds. The van der Waals surface area contributed by atoms with E-state index in [4.69, 9.17) is 28.4 Å². The smallest absolute Gasteiger partial charge is 0.204 e. The van der Waals surface area contributed by atoms with Gasteiger partial charge in [0.25, 0.3) is 0 Å². The molecule has 8 heteroatoms. The van der Waals surface area contributed by atoms with Crippen molar-refractivity contribution in [2.24, 2.45) is 47.3 Å². The molecule has 0 N–H and O–H groups in total. The van der Waals surface area contributed by atoms with Crippen LogP contribution in [-0.4, -0.2) is 51.2 Å². The molecule has 412 valence electrons. The van der Waals surface area contributed by atoms with Crippen molar-refractivity contribution in [3.8, 4) is 34.5 Å². The number of carbonyl (C=O) groups is 2.